The van der Waals surface area contributed by atoms with E-state index in [1.54, 1.807) is 25.1 Å². The van der Waals surface area contributed by atoms with Gasteiger partial charge >= 0.3 is 0 Å². The van der Waals surface area contributed by atoms with Crippen molar-refractivity contribution < 1.29 is 22.0 Å². The van der Waals surface area contributed by atoms with Crippen molar-refractivity contribution in [3.8, 4) is 0 Å². The van der Waals surface area contributed by atoms with Crippen LogP contribution in [0.25, 0.3) is 0 Å². The van der Waals surface area contributed by atoms with Crippen molar-refractivity contribution in [1.29, 1.82) is 0 Å². The monoisotopic (exact) mass is 393 g/mol. The van der Waals surface area contributed by atoms with Gasteiger partial charge in [-0.15, -0.1) is 0 Å². The zero-order valence-corrected chi connectivity index (χ0v) is 15.7. The number of halogens is 2. The maximum absolute atomic E-state index is 14.0. The molecule has 1 aliphatic rings. The summed E-state index contributed by atoms with van der Waals surface area (Å²) in [5.41, 5.74) is 0.106. The van der Waals surface area contributed by atoms with Crippen molar-refractivity contribution in [1.82, 2.24) is 5.32 Å². The third-order valence-electron chi connectivity index (χ3n) is 5.17. The number of nitrogens with one attached hydrogen (secondary N) is 1. The van der Waals surface area contributed by atoms with Gasteiger partial charge in [-0.05, 0) is 38.0 Å². The number of sulfone groups is 1. The summed E-state index contributed by atoms with van der Waals surface area (Å²) in [4.78, 5) is 13.2. The molecule has 144 valence electrons. The maximum atomic E-state index is 14.0. The van der Waals surface area contributed by atoms with Crippen molar-refractivity contribution in [3.63, 3.8) is 0 Å². The van der Waals surface area contributed by atoms with E-state index in [1.165, 1.54) is 18.2 Å². The number of carbonyl (C=O) groups excluding carboxylic acids is 1. The predicted molar refractivity (Wildman–Crippen MR) is 97.7 cm³/mol. The molecule has 1 N–H and O–H groups in total. The first-order valence-electron chi connectivity index (χ1n) is 8.83. The second-order valence-electron chi connectivity index (χ2n) is 6.88. The molecule has 1 atom stereocenters. The minimum absolute atomic E-state index is 0.0997. The van der Waals surface area contributed by atoms with Crippen molar-refractivity contribution in [2.75, 3.05) is 0 Å². The molecule has 7 heteroatoms. The Balaban J connectivity index is 1.92. The van der Waals surface area contributed by atoms with Gasteiger partial charge in [0.1, 0.15) is 11.6 Å². The maximum Gasteiger partial charge on any atom is 0.242 e. The summed E-state index contributed by atoms with van der Waals surface area (Å²) in [6, 6.07) is 10.2. The quantitative estimate of drug-likeness (QED) is 0.837. The van der Waals surface area contributed by atoms with E-state index < -0.39 is 38.2 Å². The first kappa shape index (κ1) is 19.5. The highest BCUT2D eigenvalue weighted by molar-refractivity contribution is 7.93. The van der Waals surface area contributed by atoms with Gasteiger partial charge in [-0.1, -0.05) is 37.1 Å². The van der Waals surface area contributed by atoms with E-state index in [-0.39, 0.29) is 23.3 Å². The first-order chi connectivity index (χ1) is 12.8. The van der Waals surface area contributed by atoms with Crippen LogP contribution in [-0.4, -0.2) is 19.1 Å². The minimum atomic E-state index is -3.91. The number of benzene rings is 2. The van der Waals surface area contributed by atoms with E-state index in [9.17, 15) is 22.0 Å². The Kier molecular flexibility index (Phi) is 5.33. The lowest BCUT2D eigenvalue weighted by Crippen LogP contribution is -2.51. The van der Waals surface area contributed by atoms with E-state index in [2.05, 4.69) is 5.32 Å². The second kappa shape index (κ2) is 7.38. The van der Waals surface area contributed by atoms with Crippen LogP contribution in [0.4, 0.5) is 8.78 Å². The van der Waals surface area contributed by atoms with Crippen molar-refractivity contribution in [2.24, 2.45) is 0 Å². The molecule has 2 aromatic rings. The highest BCUT2D eigenvalue weighted by atomic mass is 32.2. The Morgan fingerprint density at radius 1 is 1.07 bits per heavy atom. The molecular weight excluding hydrogens is 372 g/mol. The van der Waals surface area contributed by atoms with Gasteiger partial charge < -0.3 is 5.32 Å². The van der Waals surface area contributed by atoms with Crippen LogP contribution in [0.3, 0.4) is 0 Å². The van der Waals surface area contributed by atoms with Gasteiger partial charge in [0.15, 0.2) is 14.6 Å². The van der Waals surface area contributed by atoms with E-state index in [0.717, 1.165) is 12.1 Å². The molecule has 1 fully saturated rings. The second-order valence-corrected chi connectivity index (χ2v) is 9.14. The summed E-state index contributed by atoms with van der Waals surface area (Å²) < 4.78 is 52.0. The molecule has 4 nitrogen and oxygen atoms in total. The first-order valence-corrected chi connectivity index (χ1v) is 10.3. The van der Waals surface area contributed by atoms with Crippen LogP contribution in [-0.2, 0) is 14.6 Å². The van der Waals surface area contributed by atoms with Gasteiger partial charge in [-0.3, -0.25) is 4.79 Å². The van der Waals surface area contributed by atoms with Crippen LogP contribution in [0.15, 0.2) is 53.4 Å². The molecule has 0 saturated heterocycles. The van der Waals surface area contributed by atoms with Crippen molar-refractivity contribution >= 4 is 15.7 Å². The molecule has 0 unspecified atom stereocenters. The molecule has 0 radical (unpaired) electrons. The molecule has 27 heavy (non-hydrogen) atoms. The van der Waals surface area contributed by atoms with E-state index >= 15 is 0 Å². The van der Waals surface area contributed by atoms with Crippen LogP contribution in [0.1, 0.15) is 44.2 Å². The molecular formula is C20H21F2NO3S. The van der Waals surface area contributed by atoms with Gasteiger partial charge in [0.05, 0.1) is 10.9 Å². The lowest BCUT2D eigenvalue weighted by molar-refractivity contribution is -0.124. The standard InChI is InChI=1S/C20H21F2NO3S/c1-14(17-10-9-15(21)13-18(17)22)23-19(24)20(11-5-6-12-20)27(25,26)16-7-3-2-4-8-16/h2-4,7-10,13-14H,5-6,11-12H2,1H3,(H,23,24)/t14-/m0/s1. The molecule has 1 saturated carbocycles. The largest absolute Gasteiger partial charge is 0.348 e. The highest BCUT2D eigenvalue weighted by Gasteiger charge is 2.53. The van der Waals surface area contributed by atoms with E-state index in [0.29, 0.717) is 12.8 Å². The molecule has 0 bridgehead atoms. The average molecular weight is 393 g/mol. The Hall–Kier alpha value is -2.28. The zero-order chi connectivity index (χ0) is 19.7. The number of rotatable bonds is 5. The molecule has 0 aromatic heterocycles. The van der Waals surface area contributed by atoms with Crippen LogP contribution in [0.2, 0.25) is 0 Å². The van der Waals surface area contributed by atoms with Crippen molar-refractivity contribution in [3.05, 3.63) is 65.7 Å². The van der Waals surface area contributed by atoms with E-state index in [1.807, 2.05) is 0 Å². The summed E-state index contributed by atoms with van der Waals surface area (Å²) >= 11 is 0. The Morgan fingerprint density at radius 3 is 2.30 bits per heavy atom. The van der Waals surface area contributed by atoms with E-state index in [4.69, 9.17) is 0 Å². The van der Waals surface area contributed by atoms with Crippen LogP contribution in [0.5, 0.6) is 0 Å². The van der Waals surface area contributed by atoms with Gasteiger partial charge in [-0.25, -0.2) is 17.2 Å². The topological polar surface area (TPSA) is 63.2 Å². The molecule has 0 aliphatic heterocycles. The lowest BCUT2D eigenvalue weighted by Gasteiger charge is -2.29. The van der Waals surface area contributed by atoms with Gasteiger partial charge in [-0.2, -0.15) is 0 Å². The van der Waals surface area contributed by atoms with Gasteiger partial charge in [0.2, 0.25) is 5.91 Å². The molecule has 1 amide bonds. The molecule has 0 spiro atoms. The Bertz CT molecular complexity index is 939. The third kappa shape index (κ3) is 3.48. The molecule has 3 rings (SSSR count). The van der Waals surface area contributed by atoms with Gasteiger partial charge in [0.25, 0.3) is 0 Å². The van der Waals surface area contributed by atoms with Gasteiger partial charge in [0, 0.05) is 11.6 Å². The Labute approximate surface area is 157 Å². The SMILES string of the molecule is C[C@H](NC(=O)C1(S(=O)(=O)c2ccccc2)CCCC1)c1ccc(F)cc1F. The number of carbonyl (C=O) groups is 1. The normalized spacial score (nSPS) is 17.4. The average Bonchev–Trinajstić information content (AvgIpc) is 3.14. The predicted octanol–water partition coefficient (Wildman–Crippen LogP) is 3.93. The molecule has 0 heterocycles. The fraction of sp³-hybridized carbons (Fsp3) is 0.350. The molecule has 2 aromatic carbocycles. The smallest absolute Gasteiger partial charge is 0.242 e. The summed E-state index contributed by atoms with van der Waals surface area (Å²) in [5, 5.41) is 2.63. The summed E-state index contributed by atoms with van der Waals surface area (Å²) in [6.45, 7) is 1.55. The number of hydrogen-bond donors (Lipinski definition) is 1. The third-order valence-corrected chi connectivity index (χ3v) is 7.68. The molecule has 1 aliphatic carbocycles. The number of amides is 1. The highest BCUT2D eigenvalue weighted by Crippen LogP contribution is 2.41. The summed E-state index contributed by atoms with van der Waals surface area (Å²) in [7, 11) is -3.91. The summed E-state index contributed by atoms with van der Waals surface area (Å²) in [5.74, 6) is -2.14. The van der Waals surface area contributed by atoms with Crippen molar-refractivity contribution in [2.45, 2.75) is 48.3 Å². The van der Waals surface area contributed by atoms with Crippen LogP contribution >= 0.6 is 0 Å². The minimum Gasteiger partial charge on any atom is -0.348 e. The lowest BCUT2D eigenvalue weighted by atomic mass is 10.0. The fourth-order valence-corrected chi connectivity index (χ4v) is 5.74. The fourth-order valence-electron chi connectivity index (χ4n) is 3.65. The Morgan fingerprint density at radius 2 is 1.70 bits per heavy atom. The van der Waals surface area contributed by atoms with Crippen LogP contribution < -0.4 is 5.32 Å². The summed E-state index contributed by atoms with van der Waals surface area (Å²) in [6.07, 6.45) is 1.68. The zero-order valence-electron chi connectivity index (χ0n) is 14.9. The number of hydrogen-bond acceptors (Lipinski definition) is 3. The van der Waals surface area contributed by atoms with Crippen LogP contribution in [0, 0.1) is 11.6 Å².